The van der Waals surface area contributed by atoms with E-state index < -0.39 is 60.8 Å². The van der Waals surface area contributed by atoms with Gasteiger partial charge in [0.25, 0.3) is 5.79 Å². The van der Waals surface area contributed by atoms with E-state index in [-0.39, 0.29) is 0 Å². The van der Waals surface area contributed by atoms with Crippen LogP contribution in [0.3, 0.4) is 0 Å². The molecule has 1 amide bonds. The number of fused-ring (bicyclic) bond motifs is 1. The molecule has 0 bridgehead atoms. The first-order valence-electron chi connectivity index (χ1n) is 6.27. The van der Waals surface area contributed by atoms with Gasteiger partial charge in [0.1, 0.15) is 12.2 Å². The van der Waals surface area contributed by atoms with Crippen LogP contribution in [0, 0.1) is 0 Å². The number of carboxylic acids is 1. The Balaban J connectivity index is 2.02. The summed E-state index contributed by atoms with van der Waals surface area (Å²) >= 11 is 0. The summed E-state index contributed by atoms with van der Waals surface area (Å²) in [5, 5.41) is 49.8. The Kier molecular flexibility index (Phi) is 4.19. The van der Waals surface area contributed by atoms with Gasteiger partial charge in [-0.05, 0) is 0 Å². The number of hydrogen-bond donors (Lipinski definition) is 6. The SMILES string of the molecule is CC(=O)NC(C(O)CC(O)C(=O)O)C(O)C(O)[C@]12O[C@H]1O2. The molecule has 10 heteroatoms. The molecule has 0 saturated carbocycles. The zero-order valence-corrected chi connectivity index (χ0v) is 11.0. The number of rotatable bonds is 8. The number of hydrogen-bond acceptors (Lipinski definition) is 8. The Morgan fingerprint density at radius 2 is 1.76 bits per heavy atom. The Morgan fingerprint density at radius 3 is 2.14 bits per heavy atom. The molecule has 2 aliphatic heterocycles. The first kappa shape index (κ1) is 16.1. The number of aliphatic hydroxyl groups excluding tert-OH is 4. The van der Waals surface area contributed by atoms with Gasteiger partial charge >= 0.3 is 5.97 Å². The molecule has 10 nitrogen and oxygen atoms in total. The Morgan fingerprint density at radius 1 is 1.24 bits per heavy atom. The fraction of sp³-hybridized carbons (Fsp3) is 0.818. The smallest absolute Gasteiger partial charge is 0.332 e. The maximum Gasteiger partial charge on any atom is 0.332 e. The highest BCUT2D eigenvalue weighted by atomic mass is 17.0. The van der Waals surface area contributed by atoms with Crippen molar-refractivity contribution in [3.05, 3.63) is 0 Å². The molecular weight excluding hydrogens is 290 g/mol. The second-order valence-electron chi connectivity index (χ2n) is 5.11. The van der Waals surface area contributed by atoms with Gasteiger partial charge in [-0.25, -0.2) is 4.79 Å². The lowest BCUT2D eigenvalue weighted by Crippen LogP contribution is -2.57. The molecule has 0 aliphatic carbocycles. The molecule has 0 aromatic rings. The minimum atomic E-state index is -1.87. The number of carbonyl (C=O) groups excluding carboxylic acids is 1. The second-order valence-corrected chi connectivity index (χ2v) is 5.11. The number of carboxylic acid groups (broad SMARTS) is 1. The second kappa shape index (κ2) is 5.48. The third-order valence-electron chi connectivity index (χ3n) is 3.43. The molecule has 120 valence electrons. The minimum absolute atomic E-state index is 0.609. The van der Waals surface area contributed by atoms with E-state index in [1.807, 2.05) is 0 Å². The van der Waals surface area contributed by atoms with E-state index in [0.29, 0.717) is 0 Å². The molecule has 2 heterocycles. The summed E-state index contributed by atoms with van der Waals surface area (Å²) in [6.07, 6.45) is -7.92. The Bertz CT molecular complexity index is 435. The van der Waals surface area contributed by atoms with Gasteiger partial charge in [0, 0.05) is 13.3 Å². The van der Waals surface area contributed by atoms with E-state index in [0.717, 1.165) is 6.92 Å². The summed E-state index contributed by atoms with van der Waals surface area (Å²) in [5.41, 5.74) is 0. The average Bonchev–Trinajstić information content (AvgIpc) is 3.22. The van der Waals surface area contributed by atoms with Crippen LogP contribution in [0.4, 0.5) is 0 Å². The molecule has 0 radical (unpaired) electrons. The number of aliphatic carboxylic acids is 1. The normalized spacial score (nSPS) is 33.1. The van der Waals surface area contributed by atoms with Crippen molar-refractivity contribution in [3.8, 4) is 0 Å². The van der Waals surface area contributed by atoms with Crippen LogP contribution in [0.1, 0.15) is 13.3 Å². The number of aliphatic hydroxyl groups is 4. The molecule has 5 unspecified atom stereocenters. The lowest BCUT2D eigenvalue weighted by Gasteiger charge is -2.31. The number of nitrogens with one attached hydrogen (secondary N) is 1. The summed E-state index contributed by atoms with van der Waals surface area (Å²) < 4.78 is 9.72. The van der Waals surface area contributed by atoms with E-state index in [1.54, 1.807) is 0 Å². The van der Waals surface area contributed by atoms with Crippen LogP contribution in [0.2, 0.25) is 0 Å². The number of amides is 1. The summed E-state index contributed by atoms with van der Waals surface area (Å²) in [6.45, 7) is 1.12. The predicted molar refractivity (Wildman–Crippen MR) is 62.6 cm³/mol. The topological polar surface area (TPSA) is 172 Å². The van der Waals surface area contributed by atoms with Crippen molar-refractivity contribution in [2.45, 2.75) is 55.9 Å². The quantitative estimate of drug-likeness (QED) is 0.249. The van der Waals surface area contributed by atoms with E-state index in [9.17, 15) is 30.0 Å². The molecule has 2 aliphatic rings. The van der Waals surface area contributed by atoms with E-state index in [1.165, 1.54) is 0 Å². The number of carbonyl (C=O) groups is 2. The monoisotopic (exact) mass is 307 g/mol. The standard InChI is InChI=1S/C11H17NO9/c1-3(13)12-6(4(14)2-5(15)9(18)19)7(16)8(17)11-10(20-11)21-11/h4-8,10,14-17H,2H2,1H3,(H,12,13)(H,18,19)/t4?,5?,6?,7?,8?,10-,11+. The highest BCUT2D eigenvalue weighted by Crippen LogP contribution is 2.59. The summed E-state index contributed by atoms with van der Waals surface area (Å²) in [7, 11) is 0. The molecule has 0 aromatic heterocycles. The average molecular weight is 307 g/mol. The molecule has 2 fully saturated rings. The third kappa shape index (κ3) is 3.15. The van der Waals surface area contributed by atoms with Crippen molar-refractivity contribution in [1.82, 2.24) is 5.32 Å². The van der Waals surface area contributed by atoms with Gasteiger partial charge < -0.3 is 40.3 Å². The maximum atomic E-state index is 11.1. The van der Waals surface area contributed by atoms with Crippen molar-refractivity contribution in [2.24, 2.45) is 0 Å². The van der Waals surface area contributed by atoms with Gasteiger partial charge in [0.15, 0.2) is 6.10 Å². The minimum Gasteiger partial charge on any atom is -0.479 e. The molecule has 5 atom stereocenters. The van der Waals surface area contributed by atoms with Crippen LogP contribution in [-0.4, -0.2) is 79.9 Å². The third-order valence-corrected chi connectivity index (χ3v) is 3.43. The molecular formula is C11H17NO9. The van der Waals surface area contributed by atoms with Crippen molar-refractivity contribution >= 4 is 11.9 Å². The first-order chi connectivity index (χ1) is 9.69. The van der Waals surface area contributed by atoms with E-state index >= 15 is 0 Å². The summed E-state index contributed by atoms with van der Waals surface area (Å²) in [6, 6.07) is -1.39. The Labute approximate surface area is 118 Å². The van der Waals surface area contributed by atoms with E-state index in [4.69, 9.17) is 14.6 Å². The zero-order valence-electron chi connectivity index (χ0n) is 11.0. The lowest BCUT2D eigenvalue weighted by atomic mass is 9.94. The Hall–Kier alpha value is -1.30. The van der Waals surface area contributed by atoms with Crippen LogP contribution in [-0.2, 0) is 19.1 Å². The van der Waals surface area contributed by atoms with Crippen LogP contribution in [0.25, 0.3) is 0 Å². The largest absolute Gasteiger partial charge is 0.479 e. The van der Waals surface area contributed by atoms with Crippen molar-refractivity contribution in [3.63, 3.8) is 0 Å². The van der Waals surface area contributed by atoms with Crippen LogP contribution in [0.15, 0.2) is 0 Å². The molecule has 0 aromatic carbocycles. The van der Waals surface area contributed by atoms with Gasteiger partial charge in [0.2, 0.25) is 12.2 Å². The predicted octanol–water partition coefficient (Wildman–Crippen LogP) is -3.51. The first-order valence-corrected chi connectivity index (χ1v) is 6.27. The van der Waals surface area contributed by atoms with Gasteiger partial charge in [-0.15, -0.1) is 0 Å². The maximum absolute atomic E-state index is 11.1. The van der Waals surface area contributed by atoms with Gasteiger partial charge in [-0.1, -0.05) is 0 Å². The van der Waals surface area contributed by atoms with Crippen LogP contribution < -0.4 is 5.32 Å². The molecule has 6 N–H and O–H groups in total. The van der Waals surface area contributed by atoms with Gasteiger partial charge in [0.05, 0.1) is 12.1 Å². The van der Waals surface area contributed by atoms with Crippen LogP contribution >= 0.6 is 0 Å². The number of epoxide rings is 2. The van der Waals surface area contributed by atoms with E-state index in [2.05, 4.69) is 5.32 Å². The summed E-state index contributed by atoms with van der Waals surface area (Å²) in [5.74, 6) is -3.47. The molecule has 2 saturated heterocycles. The fourth-order valence-corrected chi connectivity index (χ4v) is 2.11. The molecule has 0 spiro atoms. The fourth-order valence-electron chi connectivity index (χ4n) is 2.11. The van der Waals surface area contributed by atoms with Gasteiger partial charge in [-0.3, -0.25) is 4.79 Å². The lowest BCUT2D eigenvalue weighted by molar-refractivity contribution is -0.156. The van der Waals surface area contributed by atoms with Crippen molar-refractivity contribution in [1.29, 1.82) is 0 Å². The summed E-state index contributed by atoms with van der Waals surface area (Å²) in [4.78, 5) is 21.7. The van der Waals surface area contributed by atoms with Crippen LogP contribution in [0.5, 0.6) is 0 Å². The molecule has 21 heavy (non-hydrogen) atoms. The number of ether oxygens (including phenoxy) is 2. The van der Waals surface area contributed by atoms with Gasteiger partial charge in [-0.2, -0.15) is 0 Å². The molecule has 2 rings (SSSR count). The zero-order chi connectivity index (χ0) is 15.9. The van der Waals surface area contributed by atoms with Crippen molar-refractivity contribution < 1.29 is 44.6 Å². The highest BCUT2D eigenvalue weighted by Gasteiger charge is 2.82. The van der Waals surface area contributed by atoms with Crippen molar-refractivity contribution in [2.75, 3.05) is 0 Å². The highest BCUT2D eigenvalue weighted by molar-refractivity contribution is 5.73.